The molecule has 6 heteroatoms. The minimum atomic E-state index is -0.988. The van der Waals surface area contributed by atoms with Gasteiger partial charge >= 0.3 is 5.97 Å². The fraction of sp³-hybridized carbons (Fsp3) is 0.160. The van der Waals surface area contributed by atoms with Gasteiger partial charge in [0.2, 0.25) is 5.91 Å². The van der Waals surface area contributed by atoms with Crippen molar-refractivity contribution in [1.29, 1.82) is 0 Å². The molecule has 31 heavy (non-hydrogen) atoms. The van der Waals surface area contributed by atoms with E-state index < -0.39 is 23.9 Å². The summed E-state index contributed by atoms with van der Waals surface area (Å²) < 4.78 is 5.52. The summed E-state index contributed by atoms with van der Waals surface area (Å²) in [6.45, 7) is 2.95. The fourth-order valence-electron chi connectivity index (χ4n) is 3.14. The van der Waals surface area contributed by atoms with Crippen LogP contribution in [0, 0.1) is 0 Å². The maximum absolute atomic E-state index is 13.0. The van der Waals surface area contributed by atoms with E-state index in [9.17, 15) is 14.4 Å². The number of nitrogens with one attached hydrogen (secondary N) is 2. The normalized spacial score (nSPS) is 11.5. The molecule has 0 fully saturated rings. The van der Waals surface area contributed by atoms with Gasteiger partial charge in [0.1, 0.15) is 5.92 Å². The highest BCUT2D eigenvalue weighted by Gasteiger charge is 2.27. The number of anilines is 2. The Hall–Kier alpha value is -3.93. The van der Waals surface area contributed by atoms with E-state index >= 15 is 0 Å². The number of carbonyl (C=O) groups is 3. The maximum atomic E-state index is 13.0. The molecule has 0 unspecified atom stereocenters. The molecule has 2 amide bonds. The first-order chi connectivity index (χ1) is 14.9. The largest absolute Gasteiger partial charge is 0.452 e. The lowest BCUT2D eigenvalue weighted by Gasteiger charge is -2.20. The van der Waals surface area contributed by atoms with Crippen molar-refractivity contribution < 1.29 is 19.1 Å². The van der Waals surface area contributed by atoms with Crippen molar-refractivity contribution in [2.24, 2.45) is 0 Å². The molecule has 0 saturated carbocycles. The maximum Gasteiger partial charge on any atom is 0.318 e. The van der Waals surface area contributed by atoms with Crippen molar-refractivity contribution in [3.8, 4) is 0 Å². The standard InChI is InChI=1S/C25H24N2O4/c1-17(24(29)27-22-15-13-21(14-16-22)26-18(2)28)31-25(30)23(19-9-5-3-6-10-19)20-11-7-4-8-12-20/h3-17,23H,1-2H3,(H,26,28)(H,27,29)/t17-/m1/s1. The van der Waals surface area contributed by atoms with Gasteiger partial charge in [-0.05, 0) is 42.3 Å². The van der Waals surface area contributed by atoms with Gasteiger partial charge in [0.25, 0.3) is 5.91 Å². The zero-order valence-electron chi connectivity index (χ0n) is 17.4. The molecule has 0 radical (unpaired) electrons. The van der Waals surface area contributed by atoms with Crippen LogP contribution < -0.4 is 10.6 Å². The molecule has 0 aliphatic carbocycles. The highest BCUT2D eigenvalue weighted by atomic mass is 16.5. The van der Waals surface area contributed by atoms with Crippen LogP contribution >= 0.6 is 0 Å². The number of amides is 2. The van der Waals surface area contributed by atoms with Gasteiger partial charge in [0.15, 0.2) is 6.10 Å². The van der Waals surface area contributed by atoms with Gasteiger partial charge in [-0.25, -0.2) is 0 Å². The molecule has 0 aliphatic rings. The Morgan fingerprint density at radius 2 is 1.16 bits per heavy atom. The molecule has 3 aromatic rings. The van der Waals surface area contributed by atoms with Crippen molar-refractivity contribution in [2.45, 2.75) is 25.9 Å². The lowest BCUT2D eigenvalue weighted by molar-refractivity contribution is -0.153. The molecule has 3 rings (SSSR count). The third-order valence-electron chi connectivity index (χ3n) is 4.64. The summed E-state index contributed by atoms with van der Waals surface area (Å²) in [7, 11) is 0. The second kappa shape index (κ2) is 10.2. The summed E-state index contributed by atoms with van der Waals surface area (Å²) in [6.07, 6.45) is -0.988. The van der Waals surface area contributed by atoms with Crippen LogP contribution in [0.2, 0.25) is 0 Å². The van der Waals surface area contributed by atoms with E-state index in [-0.39, 0.29) is 5.91 Å². The van der Waals surface area contributed by atoms with Crippen LogP contribution in [-0.4, -0.2) is 23.9 Å². The Labute approximate surface area is 181 Å². The summed E-state index contributed by atoms with van der Waals surface area (Å²) in [5.74, 6) is -1.75. The van der Waals surface area contributed by atoms with Crippen LogP contribution in [0.1, 0.15) is 30.9 Å². The Kier molecular flexibility index (Phi) is 7.17. The molecule has 1 atom stereocenters. The van der Waals surface area contributed by atoms with Gasteiger partial charge in [0, 0.05) is 18.3 Å². The highest BCUT2D eigenvalue weighted by molar-refractivity contribution is 5.96. The first-order valence-electron chi connectivity index (χ1n) is 9.93. The Bertz CT molecular complexity index is 995. The van der Waals surface area contributed by atoms with Crippen molar-refractivity contribution in [3.05, 3.63) is 96.1 Å². The quantitative estimate of drug-likeness (QED) is 0.561. The third-order valence-corrected chi connectivity index (χ3v) is 4.64. The van der Waals surface area contributed by atoms with Gasteiger partial charge in [-0.3, -0.25) is 14.4 Å². The molecular weight excluding hydrogens is 392 g/mol. The van der Waals surface area contributed by atoms with Crippen molar-refractivity contribution in [3.63, 3.8) is 0 Å². The lowest BCUT2D eigenvalue weighted by Crippen LogP contribution is -2.32. The molecule has 0 spiro atoms. The molecule has 158 valence electrons. The molecule has 0 aliphatic heterocycles. The highest BCUT2D eigenvalue weighted by Crippen LogP contribution is 2.26. The average molecular weight is 416 g/mol. The predicted octanol–water partition coefficient (Wildman–Crippen LogP) is 4.35. The summed E-state index contributed by atoms with van der Waals surface area (Å²) in [6, 6.07) is 25.3. The van der Waals surface area contributed by atoms with E-state index in [4.69, 9.17) is 4.74 Å². The Morgan fingerprint density at radius 3 is 1.61 bits per heavy atom. The zero-order valence-corrected chi connectivity index (χ0v) is 17.4. The summed E-state index contributed by atoms with van der Waals surface area (Å²) in [5.41, 5.74) is 2.74. The summed E-state index contributed by atoms with van der Waals surface area (Å²) in [4.78, 5) is 36.7. The van der Waals surface area contributed by atoms with Crippen LogP contribution in [0.15, 0.2) is 84.9 Å². The van der Waals surface area contributed by atoms with E-state index in [1.54, 1.807) is 24.3 Å². The SMILES string of the molecule is CC(=O)Nc1ccc(NC(=O)[C@@H](C)OC(=O)C(c2ccccc2)c2ccccc2)cc1. The molecule has 0 heterocycles. The lowest BCUT2D eigenvalue weighted by atomic mass is 9.91. The van der Waals surface area contributed by atoms with Crippen molar-refractivity contribution in [2.75, 3.05) is 10.6 Å². The molecule has 6 nitrogen and oxygen atoms in total. The summed E-state index contributed by atoms with van der Waals surface area (Å²) in [5, 5.41) is 5.37. The minimum absolute atomic E-state index is 0.177. The number of esters is 1. The number of hydrogen-bond acceptors (Lipinski definition) is 4. The van der Waals surface area contributed by atoms with Crippen LogP contribution in [0.5, 0.6) is 0 Å². The minimum Gasteiger partial charge on any atom is -0.452 e. The second-order valence-electron chi connectivity index (χ2n) is 7.08. The number of rotatable bonds is 7. The number of ether oxygens (including phenoxy) is 1. The molecule has 0 bridgehead atoms. The number of hydrogen-bond donors (Lipinski definition) is 2. The third kappa shape index (κ3) is 6.02. The first kappa shape index (κ1) is 21.8. The predicted molar refractivity (Wildman–Crippen MR) is 120 cm³/mol. The summed E-state index contributed by atoms with van der Waals surface area (Å²) >= 11 is 0. The van der Waals surface area contributed by atoms with Gasteiger partial charge in [0.05, 0.1) is 0 Å². The Balaban J connectivity index is 1.68. The molecular formula is C25H24N2O4. The number of benzene rings is 3. The van der Waals surface area contributed by atoms with Crippen molar-refractivity contribution in [1.82, 2.24) is 0 Å². The van der Waals surface area contributed by atoms with Gasteiger partial charge in [-0.1, -0.05) is 60.7 Å². The van der Waals surface area contributed by atoms with Crippen LogP contribution in [0.25, 0.3) is 0 Å². The van der Waals surface area contributed by atoms with Gasteiger partial charge < -0.3 is 15.4 Å². The molecule has 3 aromatic carbocycles. The average Bonchev–Trinajstić information content (AvgIpc) is 2.76. The van der Waals surface area contributed by atoms with Gasteiger partial charge in [-0.15, -0.1) is 0 Å². The van der Waals surface area contributed by atoms with Crippen LogP contribution in [0.4, 0.5) is 11.4 Å². The van der Waals surface area contributed by atoms with Crippen LogP contribution in [0.3, 0.4) is 0 Å². The molecule has 0 saturated heterocycles. The smallest absolute Gasteiger partial charge is 0.318 e. The Morgan fingerprint density at radius 1 is 0.710 bits per heavy atom. The molecule has 0 aromatic heterocycles. The van der Waals surface area contributed by atoms with E-state index in [0.29, 0.717) is 11.4 Å². The van der Waals surface area contributed by atoms with Gasteiger partial charge in [-0.2, -0.15) is 0 Å². The fourth-order valence-corrected chi connectivity index (χ4v) is 3.14. The van der Waals surface area contributed by atoms with E-state index in [1.165, 1.54) is 13.8 Å². The van der Waals surface area contributed by atoms with E-state index in [2.05, 4.69) is 10.6 Å². The second-order valence-corrected chi connectivity index (χ2v) is 7.08. The monoisotopic (exact) mass is 416 g/mol. The van der Waals surface area contributed by atoms with E-state index in [1.807, 2.05) is 60.7 Å². The number of carbonyl (C=O) groups excluding carboxylic acids is 3. The van der Waals surface area contributed by atoms with Crippen molar-refractivity contribution >= 4 is 29.2 Å². The topological polar surface area (TPSA) is 84.5 Å². The van der Waals surface area contributed by atoms with E-state index in [0.717, 1.165) is 11.1 Å². The first-order valence-corrected chi connectivity index (χ1v) is 9.93. The molecule has 2 N–H and O–H groups in total. The zero-order chi connectivity index (χ0) is 22.2. The van der Waals surface area contributed by atoms with Crippen LogP contribution in [-0.2, 0) is 19.1 Å².